The van der Waals surface area contributed by atoms with E-state index in [1.807, 2.05) is 17.6 Å². The first-order valence-electron chi connectivity index (χ1n) is 5.45. The van der Waals surface area contributed by atoms with Crippen molar-refractivity contribution in [3.8, 4) is 0 Å². The van der Waals surface area contributed by atoms with Crippen molar-refractivity contribution in [1.82, 2.24) is 19.6 Å². The number of nitrogens with one attached hydrogen (secondary N) is 1. The molecule has 0 radical (unpaired) electrons. The molecule has 1 N–H and O–H groups in total. The lowest BCUT2D eigenvalue weighted by atomic mass is 10.4. The van der Waals surface area contributed by atoms with E-state index in [0.717, 1.165) is 23.6 Å². The van der Waals surface area contributed by atoms with Gasteiger partial charge in [-0.1, -0.05) is 11.6 Å². The Morgan fingerprint density at radius 2 is 2.33 bits per heavy atom. The van der Waals surface area contributed by atoms with Gasteiger partial charge in [0.2, 0.25) is 5.95 Å². The van der Waals surface area contributed by atoms with Gasteiger partial charge in [-0.3, -0.25) is 0 Å². The maximum atomic E-state index is 5.88. The van der Waals surface area contributed by atoms with Crippen LogP contribution in [0.15, 0.2) is 29.9 Å². The van der Waals surface area contributed by atoms with Crippen molar-refractivity contribution in [2.75, 3.05) is 11.9 Å². The van der Waals surface area contributed by atoms with Crippen molar-refractivity contribution in [1.29, 1.82) is 0 Å². The van der Waals surface area contributed by atoms with Gasteiger partial charge in [0.15, 0.2) is 5.65 Å². The van der Waals surface area contributed by atoms with E-state index in [1.54, 1.807) is 28.1 Å². The number of thiazole rings is 1. The van der Waals surface area contributed by atoms with Gasteiger partial charge in [0, 0.05) is 30.7 Å². The molecule has 7 heteroatoms. The first kappa shape index (κ1) is 11.4. The summed E-state index contributed by atoms with van der Waals surface area (Å²) in [5.41, 5.74) is 0.774. The van der Waals surface area contributed by atoms with Gasteiger partial charge in [0.25, 0.3) is 0 Å². The number of rotatable bonds is 4. The molecule has 5 nitrogen and oxygen atoms in total. The summed E-state index contributed by atoms with van der Waals surface area (Å²) in [7, 11) is 0. The minimum absolute atomic E-state index is 0.605. The van der Waals surface area contributed by atoms with Crippen LogP contribution in [0.1, 0.15) is 5.01 Å². The topological polar surface area (TPSA) is 55.1 Å². The smallest absolute Gasteiger partial charge is 0.243 e. The molecule has 0 aliphatic carbocycles. The molecule has 3 aromatic heterocycles. The number of hydrogen-bond acceptors (Lipinski definition) is 5. The van der Waals surface area contributed by atoms with Crippen molar-refractivity contribution >= 4 is 34.5 Å². The normalized spacial score (nSPS) is 10.9. The molecule has 0 aliphatic heterocycles. The third kappa shape index (κ3) is 2.44. The molecule has 3 rings (SSSR count). The Labute approximate surface area is 112 Å². The van der Waals surface area contributed by atoms with Crippen LogP contribution in [0.2, 0.25) is 5.02 Å². The maximum Gasteiger partial charge on any atom is 0.243 e. The Bertz CT molecular complexity index is 649. The highest BCUT2D eigenvalue weighted by Gasteiger charge is 2.03. The van der Waals surface area contributed by atoms with Crippen LogP contribution < -0.4 is 5.32 Å². The van der Waals surface area contributed by atoms with Crippen LogP contribution in [0, 0.1) is 0 Å². The molecular weight excluding hydrogens is 270 g/mol. The van der Waals surface area contributed by atoms with Crippen LogP contribution >= 0.6 is 22.9 Å². The van der Waals surface area contributed by atoms with Crippen molar-refractivity contribution in [3.05, 3.63) is 39.9 Å². The monoisotopic (exact) mass is 279 g/mol. The van der Waals surface area contributed by atoms with E-state index in [2.05, 4.69) is 20.4 Å². The third-order valence-corrected chi connectivity index (χ3v) is 3.46. The van der Waals surface area contributed by atoms with Crippen molar-refractivity contribution < 1.29 is 0 Å². The van der Waals surface area contributed by atoms with Crippen molar-refractivity contribution in [2.24, 2.45) is 0 Å². The van der Waals surface area contributed by atoms with E-state index >= 15 is 0 Å². The molecule has 0 amide bonds. The Morgan fingerprint density at radius 3 is 3.17 bits per heavy atom. The van der Waals surface area contributed by atoms with Gasteiger partial charge in [-0.15, -0.1) is 16.4 Å². The highest BCUT2D eigenvalue weighted by molar-refractivity contribution is 7.09. The SMILES string of the molecule is Clc1ccc2nc(NCCc3nccs3)nn2c1. The fourth-order valence-electron chi connectivity index (χ4n) is 1.59. The molecule has 0 saturated carbocycles. The first-order valence-corrected chi connectivity index (χ1v) is 6.71. The standard InChI is InChI=1S/C11H10ClN5S/c12-8-1-2-9-15-11(16-17(9)7-8)14-4-3-10-13-5-6-18-10/h1-2,5-7H,3-4H2,(H,14,16). The Kier molecular flexibility index (Phi) is 3.12. The van der Waals surface area contributed by atoms with Gasteiger partial charge in [-0.2, -0.15) is 4.98 Å². The van der Waals surface area contributed by atoms with Gasteiger partial charge in [-0.05, 0) is 12.1 Å². The second kappa shape index (κ2) is 4.91. The summed E-state index contributed by atoms with van der Waals surface area (Å²) in [5.74, 6) is 0.605. The number of halogens is 1. The summed E-state index contributed by atoms with van der Waals surface area (Å²) in [6.07, 6.45) is 4.41. The fourth-order valence-corrected chi connectivity index (χ4v) is 2.37. The zero-order valence-electron chi connectivity index (χ0n) is 9.38. The van der Waals surface area contributed by atoms with Gasteiger partial charge in [0.1, 0.15) is 0 Å². The summed E-state index contributed by atoms with van der Waals surface area (Å²) in [4.78, 5) is 8.55. The number of aromatic nitrogens is 4. The summed E-state index contributed by atoms with van der Waals surface area (Å²) in [6.45, 7) is 0.762. The largest absolute Gasteiger partial charge is 0.352 e. The molecule has 0 aliphatic rings. The molecule has 0 saturated heterocycles. The minimum atomic E-state index is 0.605. The quantitative estimate of drug-likeness (QED) is 0.797. The van der Waals surface area contributed by atoms with Crippen LogP contribution in [0.3, 0.4) is 0 Å². The molecule has 0 bridgehead atoms. The zero-order chi connectivity index (χ0) is 12.4. The predicted molar refractivity (Wildman–Crippen MR) is 72.3 cm³/mol. The zero-order valence-corrected chi connectivity index (χ0v) is 10.9. The molecule has 0 fully saturated rings. The Hall–Kier alpha value is -1.66. The molecule has 3 aromatic rings. The van der Waals surface area contributed by atoms with Crippen LogP contribution in [0.25, 0.3) is 5.65 Å². The molecule has 3 heterocycles. The lowest BCUT2D eigenvalue weighted by molar-refractivity contribution is 0.933. The first-order chi connectivity index (χ1) is 8.81. The minimum Gasteiger partial charge on any atom is -0.352 e. The number of hydrogen-bond donors (Lipinski definition) is 1. The van der Waals surface area contributed by atoms with Crippen molar-refractivity contribution in [2.45, 2.75) is 6.42 Å². The van der Waals surface area contributed by atoms with Crippen LogP contribution in [0.5, 0.6) is 0 Å². The van der Waals surface area contributed by atoms with E-state index < -0.39 is 0 Å². The Morgan fingerprint density at radius 1 is 1.39 bits per heavy atom. The van der Waals surface area contributed by atoms with E-state index in [4.69, 9.17) is 11.6 Å². The summed E-state index contributed by atoms with van der Waals surface area (Å²) in [5, 5.41) is 11.2. The molecule has 0 aromatic carbocycles. The van der Waals surface area contributed by atoms with E-state index in [-0.39, 0.29) is 0 Å². The average Bonchev–Trinajstić information content (AvgIpc) is 2.97. The number of fused-ring (bicyclic) bond motifs is 1. The lowest BCUT2D eigenvalue weighted by Crippen LogP contribution is -2.06. The van der Waals surface area contributed by atoms with Gasteiger partial charge >= 0.3 is 0 Å². The summed E-state index contributed by atoms with van der Waals surface area (Å²) in [6, 6.07) is 3.63. The van der Waals surface area contributed by atoms with Gasteiger partial charge < -0.3 is 5.32 Å². The van der Waals surface area contributed by atoms with E-state index in [9.17, 15) is 0 Å². The Balaban J connectivity index is 1.67. The molecule has 0 atom stereocenters. The van der Waals surface area contributed by atoms with Crippen LogP contribution in [-0.2, 0) is 6.42 Å². The fraction of sp³-hybridized carbons (Fsp3) is 0.182. The number of nitrogens with zero attached hydrogens (tertiary/aromatic N) is 4. The molecule has 18 heavy (non-hydrogen) atoms. The van der Waals surface area contributed by atoms with Crippen molar-refractivity contribution in [3.63, 3.8) is 0 Å². The molecule has 0 unspecified atom stereocenters. The second-order valence-electron chi connectivity index (χ2n) is 3.69. The van der Waals surface area contributed by atoms with Gasteiger partial charge in [-0.25, -0.2) is 9.50 Å². The maximum absolute atomic E-state index is 5.88. The number of pyridine rings is 1. The summed E-state index contributed by atoms with van der Waals surface area (Å²) >= 11 is 7.53. The van der Waals surface area contributed by atoms with Crippen LogP contribution in [0.4, 0.5) is 5.95 Å². The van der Waals surface area contributed by atoms with E-state index in [0.29, 0.717) is 11.0 Å². The lowest BCUT2D eigenvalue weighted by Gasteiger charge is -1.97. The molecular formula is C11H10ClN5S. The van der Waals surface area contributed by atoms with Gasteiger partial charge in [0.05, 0.1) is 10.0 Å². The second-order valence-corrected chi connectivity index (χ2v) is 5.10. The van der Waals surface area contributed by atoms with E-state index in [1.165, 1.54) is 0 Å². The predicted octanol–water partition coefficient (Wildman–Crippen LogP) is 2.49. The molecule has 92 valence electrons. The average molecular weight is 280 g/mol. The highest BCUT2D eigenvalue weighted by atomic mass is 35.5. The highest BCUT2D eigenvalue weighted by Crippen LogP contribution is 2.11. The summed E-state index contributed by atoms with van der Waals surface area (Å²) < 4.78 is 1.66. The third-order valence-electron chi connectivity index (χ3n) is 2.40. The van der Waals surface area contributed by atoms with Crippen LogP contribution in [-0.4, -0.2) is 26.1 Å². The number of anilines is 1. The molecule has 0 spiro atoms.